The molecule has 0 amide bonds. The summed E-state index contributed by atoms with van der Waals surface area (Å²) < 4.78 is 5.70. The molecule has 7 nitrogen and oxygen atoms in total. The van der Waals surface area contributed by atoms with E-state index in [-0.39, 0.29) is 5.41 Å². The Morgan fingerprint density at radius 1 is 1.00 bits per heavy atom. The first kappa shape index (κ1) is 26.2. The van der Waals surface area contributed by atoms with Gasteiger partial charge in [0.2, 0.25) is 5.95 Å². The van der Waals surface area contributed by atoms with Crippen molar-refractivity contribution in [3.8, 4) is 0 Å². The molecule has 5 rings (SSSR count). The molecule has 0 aliphatic carbocycles. The molecule has 0 unspecified atom stereocenters. The quantitative estimate of drug-likeness (QED) is 0.507. The molecular formula is C29H42N6OS. The summed E-state index contributed by atoms with van der Waals surface area (Å²) in [7, 11) is 0. The van der Waals surface area contributed by atoms with Crippen molar-refractivity contribution >= 4 is 34.9 Å². The van der Waals surface area contributed by atoms with Crippen LogP contribution in [0.4, 0.5) is 17.6 Å². The summed E-state index contributed by atoms with van der Waals surface area (Å²) in [6, 6.07) is 13.4. The maximum atomic E-state index is 5.78. The first-order chi connectivity index (χ1) is 18.0. The zero-order valence-electron chi connectivity index (χ0n) is 22.4. The zero-order chi connectivity index (χ0) is 25.7. The predicted molar refractivity (Wildman–Crippen MR) is 156 cm³/mol. The van der Waals surface area contributed by atoms with Crippen LogP contribution < -0.4 is 20.4 Å². The molecule has 200 valence electrons. The molecule has 1 aromatic carbocycles. The Bertz CT molecular complexity index is 1040. The second kappa shape index (κ2) is 11.9. The van der Waals surface area contributed by atoms with Crippen LogP contribution in [-0.2, 0) is 10.2 Å². The van der Waals surface area contributed by atoms with Crippen LogP contribution >= 0.6 is 12.2 Å². The molecule has 8 heteroatoms. The largest absolute Gasteiger partial charge is 0.381 e. The molecule has 2 aromatic rings. The molecule has 3 fully saturated rings. The second-order valence-electron chi connectivity index (χ2n) is 11.2. The van der Waals surface area contributed by atoms with Crippen molar-refractivity contribution in [2.24, 2.45) is 5.92 Å². The molecule has 0 saturated carbocycles. The number of hydrogen-bond donors (Lipinski definition) is 2. The predicted octanol–water partition coefficient (Wildman–Crippen LogP) is 5.13. The number of nitrogens with zero attached hydrogens (tertiary/aromatic N) is 4. The second-order valence-corrected chi connectivity index (χ2v) is 11.6. The number of anilines is 3. The van der Waals surface area contributed by atoms with Gasteiger partial charge in [0.05, 0.1) is 0 Å². The molecule has 0 spiro atoms. The number of benzene rings is 1. The van der Waals surface area contributed by atoms with Crippen molar-refractivity contribution in [2.75, 3.05) is 54.5 Å². The molecule has 0 radical (unpaired) electrons. The number of ether oxygens (including phenoxy) is 1. The Morgan fingerprint density at radius 3 is 2.46 bits per heavy atom. The molecule has 3 aliphatic heterocycles. The van der Waals surface area contributed by atoms with Crippen LogP contribution in [0, 0.1) is 5.92 Å². The average molecular weight is 523 g/mol. The molecule has 1 aromatic heterocycles. The monoisotopic (exact) mass is 522 g/mol. The van der Waals surface area contributed by atoms with Crippen molar-refractivity contribution in [1.82, 2.24) is 15.3 Å². The molecule has 2 N–H and O–H groups in total. The molecule has 1 atom stereocenters. The summed E-state index contributed by atoms with van der Waals surface area (Å²) in [5, 5.41) is 7.43. The number of thiocarbonyl (C=S) groups is 1. The van der Waals surface area contributed by atoms with E-state index in [9.17, 15) is 0 Å². The molecule has 37 heavy (non-hydrogen) atoms. The van der Waals surface area contributed by atoms with E-state index in [4.69, 9.17) is 26.9 Å². The lowest BCUT2D eigenvalue weighted by Gasteiger charge is -2.38. The topological polar surface area (TPSA) is 65.5 Å². The van der Waals surface area contributed by atoms with Gasteiger partial charge < -0.3 is 25.2 Å². The lowest BCUT2D eigenvalue weighted by molar-refractivity contribution is 0.0515. The number of rotatable bonds is 6. The van der Waals surface area contributed by atoms with Crippen molar-refractivity contribution in [1.29, 1.82) is 0 Å². The Hall–Kier alpha value is -2.45. The van der Waals surface area contributed by atoms with E-state index in [0.717, 1.165) is 69.8 Å². The average Bonchev–Trinajstić information content (AvgIpc) is 2.93. The SMILES string of the molecule is CC1CCN(c2cc(N3CCCC[C@H]3C)nc(NC(=S)NCC3(c4ccccc4)CCOCC3)n2)CC1. The van der Waals surface area contributed by atoms with Crippen molar-refractivity contribution in [2.45, 2.75) is 70.3 Å². The Kier molecular flexibility index (Phi) is 8.45. The highest BCUT2D eigenvalue weighted by Crippen LogP contribution is 2.34. The summed E-state index contributed by atoms with van der Waals surface area (Å²) in [6.07, 6.45) is 8.05. The van der Waals surface area contributed by atoms with Crippen molar-refractivity contribution < 1.29 is 4.74 Å². The highest BCUT2D eigenvalue weighted by molar-refractivity contribution is 7.80. The molecule has 4 heterocycles. The third kappa shape index (κ3) is 6.34. The van der Waals surface area contributed by atoms with E-state index in [0.29, 0.717) is 17.1 Å². The number of hydrogen-bond acceptors (Lipinski definition) is 6. The van der Waals surface area contributed by atoms with Crippen LogP contribution in [0.25, 0.3) is 0 Å². The van der Waals surface area contributed by atoms with Crippen molar-refractivity contribution in [3.05, 3.63) is 42.0 Å². The van der Waals surface area contributed by atoms with Gasteiger partial charge in [-0.3, -0.25) is 0 Å². The molecule has 3 saturated heterocycles. The summed E-state index contributed by atoms with van der Waals surface area (Å²) in [4.78, 5) is 14.7. The van der Waals surface area contributed by atoms with Gasteiger partial charge in [-0.25, -0.2) is 0 Å². The highest BCUT2D eigenvalue weighted by Gasteiger charge is 2.34. The fourth-order valence-corrected chi connectivity index (χ4v) is 6.14. The number of aromatic nitrogens is 2. The fourth-order valence-electron chi connectivity index (χ4n) is 5.98. The Balaban J connectivity index is 1.33. The van der Waals surface area contributed by atoms with Crippen LogP contribution in [0.2, 0.25) is 0 Å². The third-order valence-corrected chi connectivity index (χ3v) is 8.80. The first-order valence-corrected chi connectivity index (χ1v) is 14.5. The smallest absolute Gasteiger partial charge is 0.232 e. The number of nitrogens with one attached hydrogen (secondary N) is 2. The van der Waals surface area contributed by atoms with E-state index < -0.39 is 0 Å². The van der Waals surface area contributed by atoms with Crippen molar-refractivity contribution in [3.63, 3.8) is 0 Å². The Labute approximate surface area is 227 Å². The van der Waals surface area contributed by atoms with Gasteiger partial charge in [0, 0.05) is 56.9 Å². The molecule has 0 bridgehead atoms. The van der Waals surface area contributed by atoms with Crippen LogP contribution in [0.5, 0.6) is 0 Å². The maximum absolute atomic E-state index is 5.78. The standard InChI is InChI=1S/C29H42N6OS/c1-22-11-16-34(17-12-22)25-20-26(35-15-7-6-8-23(35)2)32-27(31-25)33-28(37)30-21-29(13-18-36-19-14-29)24-9-4-3-5-10-24/h3-5,9-10,20,22-23H,6-8,11-19,21H2,1-2H3,(H2,30,31,32,33,37)/t23-/m1/s1. The van der Waals surface area contributed by atoms with Gasteiger partial charge in [-0.2, -0.15) is 9.97 Å². The summed E-state index contributed by atoms with van der Waals surface area (Å²) in [6.45, 7) is 10.1. The van der Waals surface area contributed by atoms with E-state index in [1.54, 1.807) is 0 Å². The van der Waals surface area contributed by atoms with Gasteiger partial charge in [-0.15, -0.1) is 0 Å². The minimum Gasteiger partial charge on any atom is -0.381 e. The van der Waals surface area contributed by atoms with Crippen LogP contribution in [0.3, 0.4) is 0 Å². The van der Waals surface area contributed by atoms with Crippen LogP contribution in [0.1, 0.15) is 64.4 Å². The van der Waals surface area contributed by atoms with E-state index in [1.165, 1.54) is 37.7 Å². The lowest BCUT2D eigenvalue weighted by atomic mass is 9.74. The van der Waals surface area contributed by atoms with E-state index in [2.05, 4.69) is 70.7 Å². The molecule has 3 aliphatic rings. The molecular weight excluding hydrogens is 480 g/mol. The van der Waals surface area contributed by atoms with Gasteiger partial charge in [0.15, 0.2) is 5.11 Å². The lowest BCUT2D eigenvalue weighted by Crippen LogP contribution is -2.45. The first-order valence-electron chi connectivity index (χ1n) is 14.1. The summed E-state index contributed by atoms with van der Waals surface area (Å²) in [5.74, 6) is 3.37. The van der Waals surface area contributed by atoms with Gasteiger partial charge >= 0.3 is 0 Å². The third-order valence-electron chi connectivity index (χ3n) is 8.55. The minimum atomic E-state index is 0.00679. The minimum absolute atomic E-state index is 0.00679. The summed E-state index contributed by atoms with van der Waals surface area (Å²) >= 11 is 5.78. The Morgan fingerprint density at radius 2 is 1.73 bits per heavy atom. The fraction of sp³-hybridized carbons (Fsp3) is 0.621. The van der Waals surface area contributed by atoms with Gasteiger partial charge in [0.1, 0.15) is 11.6 Å². The number of piperidine rings is 2. The summed E-state index contributed by atoms with van der Waals surface area (Å²) in [5.41, 5.74) is 1.35. The van der Waals surface area contributed by atoms with Gasteiger partial charge in [0.25, 0.3) is 0 Å². The maximum Gasteiger partial charge on any atom is 0.232 e. The normalized spacial score (nSPS) is 22.5. The van der Waals surface area contributed by atoms with Crippen LogP contribution in [0.15, 0.2) is 36.4 Å². The van der Waals surface area contributed by atoms with E-state index >= 15 is 0 Å². The highest BCUT2D eigenvalue weighted by atomic mass is 32.1. The zero-order valence-corrected chi connectivity index (χ0v) is 23.2. The van der Waals surface area contributed by atoms with Gasteiger partial charge in [-0.1, -0.05) is 37.3 Å². The van der Waals surface area contributed by atoms with Gasteiger partial charge in [-0.05, 0) is 75.6 Å². The van der Waals surface area contributed by atoms with E-state index in [1.807, 2.05) is 0 Å². The van der Waals surface area contributed by atoms with Crippen LogP contribution in [-0.4, -0.2) is 60.5 Å².